The zero-order valence-corrected chi connectivity index (χ0v) is 16.4. The number of nitrogens with zero attached hydrogens (tertiary/aromatic N) is 5. The number of amides is 1. The fourth-order valence-corrected chi connectivity index (χ4v) is 3.87. The van der Waals surface area contributed by atoms with Gasteiger partial charge in [0, 0.05) is 12.6 Å². The van der Waals surface area contributed by atoms with Crippen molar-refractivity contribution in [3.8, 4) is 11.4 Å². The summed E-state index contributed by atoms with van der Waals surface area (Å²) >= 11 is 0. The normalized spacial score (nSPS) is 16.4. The van der Waals surface area contributed by atoms with Gasteiger partial charge in [-0.3, -0.25) is 4.79 Å². The smallest absolute Gasteiger partial charge is 0.257 e. The number of ether oxygens (including phenoxy) is 1. The molecule has 0 aliphatic carbocycles. The third kappa shape index (κ3) is 3.02. The molecule has 150 valence electrons. The number of likely N-dealkylation sites (tertiary alicyclic amines) is 1. The minimum Gasteiger partial charge on any atom is -0.497 e. The van der Waals surface area contributed by atoms with Gasteiger partial charge in [-0.25, -0.2) is 4.98 Å². The number of carbonyl (C=O) groups is 1. The predicted octanol–water partition coefficient (Wildman–Crippen LogP) is 3.30. The molecule has 0 saturated carbocycles. The van der Waals surface area contributed by atoms with E-state index in [0.29, 0.717) is 24.2 Å². The summed E-state index contributed by atoms with van der Waals surface area (Å²) in [6.07, 6.45) is 3.83. The van der Waals surface area contributed by atoms with Crippen LogP contribution in [-0.2, 0) is 0 Å². The third-order valence-corrected chi connectivity index (χ3v) is 5.30. The maximum absolute atomic E-state index is 13.6. The first-order valence-corrected chi connectivity index (χ1v) is 9.61. The Morgan fingerprint density at radius 1 is 1.20 bits per heavy atom. The maximum Gasteiger partial charge on any atom is 0.257 e. The molecule has 8 heteroatoms. The Balaban J connectivity index is 1.53. The van der Waals surface area contributed by atoms with E-state index in [1.807, 2.05) is 36.4 Å². The molecule has 5 rings (SSSR count). The first kappa shape index (κ1) is 18.1. The van der Waals surface area contributed by atoms with Gasteiger partial charge in [0.1, 0.15) is 11.6 Å². The molecule has 8 nitrogen and oxygen atoms in total. The van der Waals surface area contributed by atoms with Crippen LogP contribution in [0.2, 0.25) is 0 Å². The van der Waals surface area contributed by atoms with Crippen molar-refractivity contribution in [3.63, 3.8) is 0 Å². The van der Waals surface area contributed by atoms with Crippen LogP contribution in [0.25, 0.3) is 16.7 Å². The highest BCUT2D eigenvalue weighted by atomic mass is 16.5. The van der Waals surface area contributed by atoms with Crippen LogP contribution >= 0.6 is 0 Å². The second-order valence-electron chi connectivity index (χ2n) is 7.24. The van der Waals surface area contributed by atoms with Crippen molar-refractivity contribution in [2.45, 2.75) is 12.5 Å². The van der Waals surface area contributed by atoms with Gasteiger partial charge in [-0.1, -0.05) is 24.3 Å². The van der Waals surface area contributed by atoms with E-state index in [0.717, 1.165) is 28.2 Å². The molecule has 1 saturated heterocycles. The molecule has 0 bridgehead atoms. The quantitative estimate of drug-likeness (QED) is 0.531. The highest BCUT2D eigenvalue weighted by Crippen LogP contribution is 2.36. The largest absolute Gasteiger partial charge is 0.497 e. The lowest BCUT2D eigenvalue weighted by molar-refractivity contribution is 0.0732. The summed E-state index contributed by atoms with van der Waals surface area (Å²) in [5, 5.41) is 8.36. The Kier molecular flexibility index (Phi) is 4.31. The number of hydrogen-bond donors (Lipinski definition) is 1. The van der Waals surface area contributed by atoms with Gasteiger partial charge in [0.25, 0.3) is 5.91 Å². The van der Waals surface area contributed by atoms with Gasteiger partial charge in [-0.15, -0.1) is 0 Å². The van der Waals surface area contributed by atoms with Crippen molar-refractivity contribution in [2.75, 3.05) is 13.7 Å². The summed E-state index contributed by atoms with van der Waals surface area (Å²) in [7, 11) is 1.63. The summed E-state index contributed by atoms with van der Waals surface area (Å²) in [5.41, 5.74) is 3.86. The topological polar surface area (TPSA) is 88.9 Å². The first-order chi connectivity index (χ1) is 14.6. The highest BCUT2D eigenvalue weighted by molar-refractivity contribution is 5.98. The number of H-pyrrole nitrogens is 1. The number of nitrogens with one attached hydrogen (secondary N) is 1. The lowest BCUT2D eigenvalue weighted by Crippen LogP contribution is -2.32. The monoisotopic (exact) mass is 400 g/mol. The Labute approximate surface area is 172 Å². The molecule has 0 radical (unpaired) electrons. The van der Waals surface area contributed by atoms with Crippen LogP contribution < -0.4 is 4.74 Å². The number of para-hydroxylation sites is 1. The van der Waals surface area contributed by atoms with Crippen LogP contribution in [0.5, 0.6) is 5.75 Å². The molecule has 2 aromatic heterocycles. The molecule has 3 heterocycles. The lowest BCUT2D eigenvalue weighted by Gasteiger charge is -2.23. The van der Waals surface area contributed by atoms with Crippen molar-refractivity contribution in [3.05, 3.63) is 78.4 Å². The molecule has 0 spiro atoms. The number of aromatic nitrogens is 5. The van der Waals surface area contributed by atoms with E-state index in [2.05, 4.69) is 21.8 Å². The van der Waals surface area contributed by atoms with Gasteiger partial charge < -0.3 is 14.6 Å². The SMILES string of the molecule is C=C1C[C@@H](c2nc3ccc(OC)cc3[nH]2)N(C(=O)c2ccccc2-n2nccn2)C1. The molecule has 1 aliphatic rings. The van der Waals surface area contributed by atoms with E-state index in [1.54, 1.807) is 30.5 Å². The summed E-state index contributed by atoms with van der Waals surface area (Å²) in [4.78, 5) is 24.9. The molecule has 1 amide bonds. The van der Waals surface area contributed by atoms with Crippen molar-refractivity contribution in [2.24, 2.45) is 0 Å². The predicted molar refractivity (Wildman–Crippen MR) is 112 cm³/mol. The average Bonchev–Trinajstić information content (AvgIpc) is 3.51. The van der Waals surface area contributed by atoms with E-state index in [-0.39, 0.29) is 11.9 Å². The molecular weight excluding hydrogens is 380 g/mol. The molecule has 1 N–H and O–H groups in total. The Bertz CT molecular complexity index is 1240. The number of hydrogen-bond acceptors (Lipinski definition) is 5. The second-order valence-corrected chi connectivity index (χ2v) is 7.24. The maximum atomic E-state index is 13.6. The van der Waals surface area contributed by atoms with Crippen molar-refractivity contribution >= 4 is 16.9 Å². The lowest BCUT2D eigenvalue weighted by atomic mass is 10.1. The standard InChI is InChI=1S/C22H20N6O2/c1-14-11-20(21-25-17-8-7-15(30-2)12-18(17)26-21)27(13-14)22(29)16-5-3-4-6-19(16)28-23-9-10-24-28/h3-10,12,20H,1,11,13H2,2H3,(H,25,26)/t20-/m0/s1. The van der Waals surface area contributed by atoms with Crippen molar-refractivity contribution in [1.29, 1.82) is 0 Å². The van der Waals surface area contributed by atoms with E-state index >= 15 is 0 Å². The fourth-order valence-electron chi connectivity index (χ4n) is 3.87. The summed E-state index contributed by atoms with van der Waals surface area (Å²) in [6, 6.07) is 12.8. The highest BCUT2D eigenvalue weighted by Gasteiger charge is 2.35. The fraction of sp³-hybridized carbons (Fsp3) is 0.182. The Hall–Kier alpha value is -3.94. The number of aromatic amines is 1. The van der Waals surface area contributed by atoms with E-state index in [4.69, 9.17) is 9.72 Å². The van der Waals surface area contributed by atoms with E-state index < -0.39 is 0 Å². The van der Waals surface area contributed by atoms with Crippen LogP contribution in [-0.4, -0.2) is 49.4 Å². The Morgan fingerprint density at radius 3 is 2.80 bits per heavy atom. The van der Waals surface area contributed by atoms with Crippen molar-refractivity contribution in [1.82, 2.24) is 29.9 Å². The number of carbonyl (C=O) groups excluding carboxylic acids is 1. The minimum absolute atomic E-state index is 0.107. The molecule has 2 aromatic carbocycles. The van der Waals surface area contributed by atoms with Gasteiger partial charge in [0.15, 0.2) is 0 Å². The number of fused-ring (bicyclic) bond motifs is 1. The van der Waals surface area contributed by atoms with Crippen LogP contribution in [0.4, 0.5) is 0 Å². The summed E-state index contributed by atoms with van der Waals surface area (Å²) < 4.78 is 5.30. The molecule has 1 fully saturated rings. The van der Waals surface area contributed by atoms with Gasteiger partial charge in [0.05, 0.1) is 47.8 Å². The van der Waals surface area contributed by atoms with E-state index in [9.17, 15) is 4.79 Å². The number of benzene rings is 2. The van der Waals surface area contributed by atoms with Crippen molar-refractivity contribution < 1.29 is 9.53 Å². The van der Waals surface area contributed by atoms with Crippen LogP contribution in [0, 0.1) is 0 Å². The number of rotatable bonds is 4. The second kappa shape index (κ2) is 7.14. The minimum atomic E-state index is -0.220. The molecule has 1 aliphatic heterocycles. The summed E-state index contributed by atoms with van der Waals surface area (Å²) in [6.45, 7) is 4.60. The molecule has 4 aromatic rings. The third-order valence-electron chi connectivity index (χ3n) is 5.30. The zero-order valence-electron chi connectivity index (χ0n) is 16.4. The average molecular weight is 400 g/mol. The first-order valence-electron chi connectivity index (χ1n) is 9.61. The summed E-state index contributed by atoms with van der Waals surface area (Å²) in [5.74, 6) is 1.38. The zero-order chi connectivity index (χ0) is 20.7. The van der Waals surface area contributed by atoms with E-state index in [1.165, 1.54) is 4.80 Å². The number of methoxy groups -OCH3 is 1. The number of imidazole rings is 1. The van der Waals surface area contributed by atoms with Gasteiger partial charge in [-0.05, 0) is 30.7 Å². The van der Waals surface area contributed by atoms with Gasteiger partial charge >= 0.3 is 0 Å². The Morgan fingerprint density at radius 2 is 2.00 bits per heavy atom. The van der Waals surface area contributed by atoms with Gasteiger partial charge in [-0.2, -0.15) is 15.0 Å². The molecule has 30 heavy (non-hydrogen) atoms. The van der Waals surface area contributed by atoms with Crippen LogP contribution in [0.15, 0.2) is 67.0 Å². The molecule has 1 atom stereocenters. The molecular formula is C22H20N6O2. The van der Waals surface area contributed by atoms with Crippen LogP contribution in [0.3, 0.4) is 0 Å². The van der Waals surface area contributed by atoms with Gasteiger partial charge in [0.2, 0.25) is 0 Å². The van der Waals surface area contributed by atoms with Crippen LogP contribution in [0.1, 0.15) is 28.6 Å². The molecule has 0 unspecified atom stereocenters.